The normalized spacial score (nSPS) is 17.5. The van der Waals surface area contributed by atoms with Crippen LogP contribution in [0.5, 0.6) is 0 Å². The van der Waals surface area contributed by atoms with Crippen molar-refractivity contribution in [2.24, 2.45) is 5.92 Å². The zero-order chi connectivity index (χ0) is 14.5. The molecule has 1 aliphatic rings. The Hall–Kier alpha value is -2.17. The highest BCUT2D eigenvalue weighted by molar-refractivity contribution is 5.96. The lowest BCUT2D eigenvalue weighted by atomic mass is 9.83. The van der Waals surface area contributed by atoms with E-state index in [1.165, 1.54) is 0 Å². The van der Waals surface area contributed by atoms with E-state index in [-0.39, 0.29) is 11.7 Å². The van der Waals surface area contributed by atoms with Crippen LogP contribution in [0.1, 0.15) is 36.0 Å². The molecule has 1 aliphatic carbocycles. The SMILES string of the molecule is O=C1CCC([C@@H](NC(=O)c2ccccc2)C(=O)O)CC1. The molecule has 0 spiro atoms. The van der Waals surface area contributed by atoms with Crippen molar-refractivity contribution >= 4 is 17.7 Å². The van der Waals surface area contributed by atoms with Crippen LogP contribution in [-0.4, -0.2) is 28.8 Å². The number of aliphatic carboxylic acids is 1. The van der Waals surface area contributed by atoms with Crippen molar-refractivity contribution in [1.29, 1.82) is 0 Å². The minimum absolute atomic E-state index is 0.166. The highest BCUT2D eigenvalue weighted by Crippen LogP contribution is 2.25. The number of ketones is 1. The molecule has 5 heteroatoms. The molecule has 2 N–H and O–H groups in total. The highest BCUT2D eigenvalue weighted by atomic mass is 16.4. The summed E-state index contributed by atoms with van der Waals surface area (Å²) in [4.78, 5) is 34.6. The number of benzene rings is 1. The molecule has 1 atom stereocenters. The molecule has 0 heterocycles. The molecule has 1 aromatic rings. The lowest BCUT2D eigenvalue weighted by molar-refractivity contribution is -0.141. The van der Waals surface area contributed by atoms with Crippen molar-refractivity contribution < 1.29 is 19.5 Å². The zero-order valence-electron chi connectivity index (χ0n) is 11.0. The molecule has 1 fully saturated rings. The van der Waals surface area contributed by atoms with E-state index in [0.717, 1.165) is 0 Å². The number of carboxylic acids is 1. The van der Waals surface area contributed by atoms with Crippen LogP contribution in [0.25, 0.3) is 0 Å². The van der Waals surface area contributed by atoms with Crippen molar-refractivity contribution in [2.75, 3.05) is 0 Å². The molecule has 5 nitrogen and oxygen atoms in total. The molecule has 1 aromatic carbocycles. The molecule has 0 saturated heterocycles. The minimum Gasteiger partial charge on any atom is -0.480 e. The molecule has 0 radical (unpaired) electrons. The van der Waals surface area contributed by atoms with Gasteiger partial charge < -0.3 is 10.4 Å². The van der Waals surface area contributed by atoms with E-state index in [2.05, 4.69) is 5.32 Å². The summed E-state index contributed by atoms with van der Waals surface area (Å²) < 4.78 is 0. The molecule has 20 heavy (non-hydrogen) atoms. The van der Waals surface area contributed by atoms with Gasteiger partial charge in [0.05, 0.1) is 0 Å². The summed E-state index contributed by atoms with van der Waals surface area (Å²) in [6.45, 7) is 0. The molecule has 0 aromatic heterocycles. The van der Waals surface area contributed by atoms with Gasteiger partial charge in [-0.1, -0.05) is 18.2 Å². The minimum atomic E-state index is -1.05. The van der Waals surface area contributed by atoms with Crippen LogP contribution in [-0.2, 0) is 9.59 Å². The van der Waals surface area contributed by atoms with Gasteiger partial charge in [-0.15, -0.1) is 0 Å². The summed E-state index contributed by atoms with van der Waals surface area (Å²) in [7, 11) is 0. The van der Waals surface area contributed by atoms with Crippen LogP contribution < -0.4 is 5.32 Å². The van der Waals surface area contributed by atoms with E-state index in [9.17, 15) is 19.5 Å². The third-order valence-electron chi connectivity index (χ3n) is 3.65. The molecule has 0 aliphatic heterocycles. The van der Waals surface area contributed by atoms with Gasteiger partial charge in [0.2, 0.25) is 0 Å². The average Bonchev–Trinajstić information content (AvgIpc) is 2.46. The van der Waals surface area contributed by atoms with Gasteiger partial charge in [0, 0.05) is 18.4 Å². The largest absolute Gasteiger partial charge is 0.480 e. The number of carbonyl (C=O) groups is 3. The predicted molar refractivity (Wildman–Crippen MR) is 72.3 cm³/mol. The van der Waals surface area contributed by atoms with Crippen molar-refractivity contribution in [3.63, 3.8) is 0 Å². The first kappa shape index (κ1) is 14.2. The molecule has 1 amide bonds. The molecule has 1 saturated carbocycles. The summed E-state index contributed by atoms with van der Waals surface area (Å²) in [5, 5.41) is 11.9. The molecular weight excluding hydrogens is 258 g/mol. The van der Waals surface area contributed by atoms with Gasteiger partial charge >= 0.3 is 5.97 Å². The third kappa shape index (κ3) is 3.44. The summed E-state index contributed by atoms with van der Waals surface area (Å²) in [5.74, 6) is -1.46. The van der Waals surface area contributed by atoms with Gasteiger partial charge in [-0.05, 0) is 30.9 Å². The van der Waals surface area contributed by atoms with Crippen molar-refractivity contribution in [3.05, 3.63) is 35.9 Å². The Morgan fingerprint density at radius 2 is 1.75 bits per heavy atom. The topological polar surface area (TPSA) is 83.5 Å². The van der Waals surface area contributed by atoms with Crippen molar-refractivity contribution in [1.82, 2.24) is 5.32 Å². The standard InChI is InChI=1S/C15H17NO4/c17-12-8-6-10(7-9-12)13(15(19)20)16-14(18)11-4-2-1-3-5-11/h1-5,10,13H,6-9H2,(H,16,18)(H,19,20)/t13-/m1/s1. The molecule has 0 unspecified atom stereocenters. The fourth-order valence-electron chi connectivity index (χ4n) is 2.49. The van der Waals surface area contributed by atoms with Gasteiger partial charge in [-0.3, -0.25) is 9.59 Å². The zero-order valence-corrected chi connectivity index (χ0v) is 11.0. The van der Waals surface area contributed by atoms with E-state index >= 15 is 0 Å². The first-order valence-electron chi connectivity index (χ1n) is 6.68. The van der Waals surface area contributed by atoms with Gasteiger partial charge in [-0.2, -0.15) is 0 Å². The van der Waals surface area contributed by atoms with E-state index in [1.807, 2.05) is 0 Å². The van der Waals surface area contributed by atoms with Gasteiger partial charge in [0.25, 0.3) is 5.91 Å². The first-order valence-corrected chi connectivity index (χ1v) is 6.68. The van der Waals surface area contributed by atoms with E-state index < -0.39 is 17.9 Å². The second-order valence-corrected chi connectivity index (χ2v) is 5.03. The molecule has 0 bridgehead atoms. The summed E-state index contributed by atoms with van der Waals surface area (Å²) >= 11 is 0. The van der Waals surface area contributed by atoms with Crippen molar-refractivity contribution in [2.45, 2.75) is 31.7 Å². The number of nitrogens with one attached hydrogen (secondary N) is 1. The monoisotopic (exact) mass is 275 g/mol. The maximum Gasteiger partial charge on any atom is 0.326 e. The maximum atomic E-state index is 12.0. The number of Topliss-reactive ketones (excluding diaryl/α,β-unsaturated/α-hetero) is 1. The summed E-state index contributed by atoms with van der Waals surface area (Å²) in [5.41, 5.74) is 0.436. The average molecular weight is 275 g/mol. The Labute approximate surface area is 117 Å². The molecule has 106 valence electrons. The van der Waals surface area contributed by atoms with Crippen LogP contribution in [0.15, 0.2) is 30.3 Å². The van der Waals surface area contributed by atoms with E-state index in [1.54, 1.807) is 30.3 Å². The van der Waals surface area contributed by atoms with Gasteiger partial charge in [0.1, 0.15) is 11.8 Å². The number of rotatable bonds is 4. The second-order valence-electron chi connectivity index (χ2n) is 5.03. The Morgan fingerprint density at radius 3 is 2.30 bits per heavy atom. The van der Waals surface area contributed by atoms with Crippen LogP contribution in [0, 0.1) is 5.92 Å². The van der Waals surface area contributed by atoms with Crippen LogP contribution in [0.4, 0.5) is 0 Å². The first-order chi connectivity index (χ1) is 9.58. The lowest BCUT2D eigenvalue weighted by Crippen LogP contribution is -2.47. The van der Waals surface area contributed by atoms with Gasteiger partial charge in [0.15, 0.2) is 0 Å². The van der Waals surface area contributed by atoms with Gasteiger partial charge in [-0.25, -0.2) is 4.79 Å². The van der Waals surface area contributed by atoms with Crippen LogP contribution >= 0.6 is 0 Å². The predicted octanol–water partition coefficient (Wildman–Crippen LogP) is 1.63. The number of carbonyl (C=O) groups excluding carboxylic acids is 2. The van der Waals surface area contributed by atoms with Crippen LogP contribution in [0.2, 0.25) is 0 Å². The van der Waals surface area contributed by atoms with Crippen molar-refractivity contribution in [3.8, 4) is 0 Å². The Bertz CT molecular complexity index is 502. The number of amides is 1. The molecule has 2 rings (SSSR count). The summed E-state index contributed by atoms with van der Waals surface area (Å²) in [6, 6.07) is 7.58. The Balaban J connectivity index is 2.04. The van der Waals surface area contributed by atoms with Crippen LogP contribution in [0.3, 0.4) is 0 Å². The quantitative estimate of drug-likeness (QED) is 0.874. The third-order valence-corrected chi connectivity index (χ3v) is 3.65. The van der Waals surface area contributed by atoms with E-state index in [0.29, 0.717) is 31.2 Å². The smallest absolute Gasteiger partial charge is 0.326 e. The van der Waals surface area contributed by atoms with E-state index in [4.69, 9.17) is 0 Å². The Morgan fingerprint density at radius 1 is 1.15 bits per heavy atom. The lowest BCUT2D eigenvalue weighted by Gasteiger charge is -2.27. The highest BCUT2D eigenvalue weighted by Gasteiger charge is 2.32. The maximum absolute atomic E-state index is 12.0. The number of hydrogen-bond acceptors (Lipinski definition) is 3. The Kier molecular flexibility index (Phi) is 4.50. The number of carboxylic acid groups (broad SMARTS) is 1. The fourth-order valence-corrected chi connectivity index (χ4v) is 2.49. The summed E-state index contributed by atoms with van der Waals surface area (Å²) in [6.07, 6.45) is 1.83. The fraction of sp³-hybridized carbons (Fsp3) is 0.400. The number of hydrogen-bond donors (Lipinski definition) is 2. The second kappa shape index (κ2) is 6.32. The molecular formula is C15H17NO4.